The van der Waals surface area contributed by atoms with Crippen LogP contribution >= 0.6 is 0 Å². The fourth-order valence-corrected chi connectivity index (χ4v) is 2.20. The molecule has 0 aromatic carbocycles. The molecule has 0 fully saturated rings. The molecule has 0 spiro atoms. The van der Waals surface area contributed by atoms with Crippen LogP contribution in [0.1, 0.15) is 90.4 Å². The first-order valence-corrected chi connectivity index (χ1v) is 8.21. The largest absolute Gasteiger partial charge is 0.258 e. The topological polar surface area (TPSA) is 23.8 Å². The van der Waals surface area contributed by atoms with Crippen LogP contribution in [0.4, 0.5) is 0 Å². The second-order valence-corrected chi connectivity index (χ2v) is 5.33. The predicted octanol–water partition coefficient (Wildman–Crippen LogP) is 5.92. The van der Waals surface area contributed by atoms with Crippen molar-refractivity contribution in [3.8, 4) is 0 Å². The van der Waals surface area contributed by atoms with E-state index in [1.54, 1.807) is 0 Å². The summed E-state index contributed by atoms with van der Waals surface area (Å²) in [5.74, 6) is 0. The minimum atomic E-state index is 0.614. The van der Waals surface area contributed by atoms with E-state index in [1.807, 2.05) is 0 Å². The Morgan fingerprint density at radius 2 is 1.06 bits per heavy atom. The monoisotopic (exact) mass is 252 g/mol. The molecule has 0 aromatic rings. The van der Waals surface area contributed by atoms with Crippen molar-refractivity contribution in [2.24, 2.45) is 0 Å². The van der Waals surface area contributed by atoms with Gasteiger partial charge >= 0.3 is 0 Å². The zero-order valence-electron chi connectivity index (χ0n) is 12.6. The quantitative estimate of drug-likeness (QED) is 0.271. The Morgan fingerprint density at radius 1 is 0.611 bits per heavy atom. The van der Waals surface area contributed by atoms with Crippen molar-refractivity contribution >= 4 is 0 Å². The zero-order chi connectivity index (χ0) is 13.3. The lowest BCUT2D eigenvalue weighted by atomic mass is 10.1. The van der Waals surface area contributed by atoms with Crippen molar-refractivity contribution < 1.29 is 0 Å². The van der Waals surface area contributed by atoms with Gasteiger partial charge in [0.05, 0.1) is 0 Å². The Balaban J connectivity index is 2.99. The standard InChI is InChI=1S/C17H34N/c1-2-3-4-5-6-7-8-9-10-11-12-13-14-15-16-17-18/h7-8,18H,2-6,9-17H2,1H3/b8-7+. The maximum Gasteiger partial charge on any atom is 0.00997 e. The van der Waals surface area contributed by atoms with Gasteiger partial charge in [0.2, 0.25) is 0 Å². The second kappa shape index (κ2) is 16.7. The molecule has 0 rings (SSSR count). The van der Waals surface area contributed by atoms with E-state index in [0.717, 1.165) is 6.42 Å². The molecule has 0 amide bonds. The van der Waals surface area contributed by atoms with Crippen LogP contribution in [0.25, 0.3) is 0 Å². The third-order valence-electron chi connectivity index (χ3n) is 3.44. The van der Waals surface area contributed by atoms with Gasteiger partial charge in [-0.05, 0) is 32.1 Å². The predicted molar refractivity (Wildman–Crippen MR) is 82.8 cm³/mol. The lowest BCUT2D eigenvalue weighted by molar-refractivity contribution is 0.582. The van der Waals surface area contributed by atoms with Crippen molar-refractivity contribution in [1.29, 1.82) is 0 Å². The van der Waals surface area contributed by atoms with Crippen LogP contribution < -0.4 is 5.73 Å². The second-order valence-electron chi connectivity index (χ2n) is 5.33. The third-order valence-corrected chi connectivity index (χ3v) is 3.44. The molecule has 1 heteroatoms. The number of hydrogen-bond acceptors (Lipinski definition) is 0. The van der Waals surface area contributed by atoms with Gasteiger partial charge in [-0.1, -0.05) is 70.4 Å². The molecule has 0 atom stereocenters. The third kappa shape index (κ3) is 15.7. The van der Waals surface area contributed by atoms with Crippen molar-refractivity contribution in [3.63, 3.8) is 0 Å². The highest BCUT2D eigenvalue weighted by atomic mass is 14.5. The summed E-state index contributed by atoms with van der Waals surface area (Å²) in [4.78, 5) is 0. The summed E-state index contributed by atoms with van der Waals surface area (Å²) in [5, 5.41) is 0. The fraction of sp³-hybridized carbons (Fsp3) is 0.882. The summed E-state index contributed by atoms with van der Waals surface area (Å²) < 4.78 is 0. The van der Waals surface area contributed by atoms with Crippen molar-refractivity contribution in [3.05, 3.63) is 12.2 Å². The minimum absolute atomic E-state index is 0.614. The lowest BCUT2D eigenvalue weighted by Gasteiger charge is -1.99. The Hall–Kier alpha value is -0.300. The first kappa shape index (κ1) is 17.7. The molecule has 1 nitrogen and oxygen atoms in total. The Kier molecular flexibility index (Phi) is 16.4. The Labute approximate surface area is 115 Å². The lowest BCUT2D eigenvalue weighted by Crippen LogP contribution is -1.85. The molecule has 0 aliphatic carbocycles. The molecule has 0 aromatic heterocycles. The van der Waals surface area contributed by atoms with Crippen molar-refractivity contribution in [2.75, 3.05) is 6.54 Å². The molecule has 1 radical (unpaired) electrons. The van der Waals surface area contributed by atoms with Crippen LogP contribution in [0, 0.1) is 0 Å². The van der Waals surface area contributed by atoms with Gasteiger partial charge in [-0.15, -0.1) is 0 Å². The van der Waals surface area contributed by atoms with Gasteiger partial charge < -0.3 is 0 Å². The summed E-state index contributed by atoms with van der Waals surface area (Å²) in [6.45, 7) is 2.88. The molecule has 0 saturated heterocycles. The van der Waals surface area contributed by atoms with Crippen LogP contribution in [0.2, 0.25) is 0 Å². The molecule has 0 unspecified atom stereocenters. The van der Waals surface area contributed by atoms with Crippen LogP contribution in [-0.4, -0.2) is 6.54 Å². The number of nitrogens with one attached hydrogen (secondary N) is 1. The first-order valence-electron chi connectivity index (χ1n) is 8.21. The van der Waals surface area contributed by atoms with E-state index in [0.29, 0.717) is 6.54 Å². The van der Waals surface area contributed by atoms with Crippen molar-refractivity contribution in [2.45, 2.75) is 90.4 Å². The van der Waals surface area contributed by atoms with Crippen molar-refractivity contribution in [1.82, 2.24) is 5.73 Å². The van der Waals surface area contributed by atoms with Crippen LogP contribution in [0.15, 0.2) is 12.2 Å². The number of hydrogen-bond donors (Lipinski definition) is 0. The molecule has 0 aliphatic heterocycles. The maximum absolute atomic E-state index is 7.06. The summed E-state index contributed by atoms with van der Waals surface area (Å²) in [5.41, 5.74) is 7.06. The van der Waals surface area contributed by atoms with Gasteiger partial charge in [-0.2, -0.15) is 0 Å². The SMILES string of the molecule is CCCCCC/C=C/CCCCCCCCC[NH]. The zero-order valence-corrected chi connectivity index (χ0v) is 12.6. The normalized spacial score (nSPS) is 11.4. The highest BCUT2D eigenvalue weighted by Crippen LogP contribution is 2.09. The van der Waals surface area contributed by atoms with E-state index < -0.39 is 0 Å². The summed E-state index contributed by atoms with van der Waals surface area (Å²) in [6.07, 6.45) is 22.1. The van der Waals surface area contributed by atoms with Crippen LogP contribution in [-0.2, 0) is 0 Å². The smallest absolute Gasteiger partial charge is 0.00997 e. The number of unbranched alkanes of at least 4 members (excludes halogenated alkanes) is 11. The minimum Gasteiger partial charge on any atom is -0.258 e. The van der Waals surface area contributed by atoms with Gasteiger partial charge in [0.25, 0.3) is 0 Å². The van der Waals surface area contributed by atoms with E-state index >= 15 is 0 Å². The summed E-state index contributed by atoms with van der Waals surface area (Å²) in [7, 11) is 0. The van der Waals surface area contributed by atoms with Gasteiger partial charge in [0, 0.05) is 6.54 Å². The van der Waals surface area contributed by atoms with Crippen LogP contribution in [0.5, 0.6) is 0 Å². The molecule has 18 heavy (non-hydrogen) atoms. The fourth-order valence-electron chi connectivity index (χ4n) is 2.20. The van der Waals surface area contributed by atoms with Gasteiger partial charge in [0.1, 0.15) is 0 Å². The number of rotatable bonds is 14. The Bertz CT molecular complexity index is 163. The molecule has 1 N–H and O–H groups in total. The average molecular weight is 252 g/mol. The molecular formula is C17H34N. The van der Waals surface area contributed by atoms with Gasteiger partial charge in [-0.25, -0.2) is 0 Å². The van der Waals surface area contributed by atoms with E-state index in [4.69, 9.17) is 5.73 Å². The molecule has 0 bridgehead atoms. The number of allylic oxidation sites excluding steroid dienone is 2. The summed E-state index contributed by atoms with van der Waals surface area (Å²) in [6, 6.07) is 0. The molecular weight excluding hydrogens is 218 g/mol. The van der Waals surface area contributed by atoms with E-state index in [2.05, 4.69) is 19.1 Å². The highest BCUT2D eigenvalue weighted by Gasteiger charge is 1.90. The highest BCUT2D eigenvalue weighted by molar-refractivity contribution is 4.81. The summed E-state index contributed by atoms with van der Waals surface area (Å²) >= 11 is 0. The molecule has 0 aliphatic rings. The van der Waals surface area contributed by atoms with E-state index in [1.165, 1.54) is 77.0 Å². The van der Waals surface area contributed by atoms with Gasteiger partial charge in [0.15, 0.2) is 0 Å². The van der Waals surface area contributed by atoms with E-state index in [-0.39, 0.29) is 0 Å². The van der Waals surface area contributed by atoms with Crippen LogP contribution in [0.3, 0.4) is 0 Å². The van der Waals surface area contributed by atoms with Gasteiger partial charge in [-0.3, -0.25) is 5.73 Å². The molecule has 0 saturated carbocycles. The molecule has 0 heterocycles. The molecule has 107 valence electrons. The maximum atomic E-state index is 7.06. The first-order chi connectivity index (χ1) is 8.91. The van der Waals surface area contributed by atoms with E-state index in [9.17, 15) is 0 Å². The Morgan fingerprint density at radius 3 is 1.56 bits per heavy atom. The average Bonchev–Trinajstić information content (AvgIpc) is 2.39.